The fourth-order valence-electron chi connectivity index (χ4n) is 2.20. The molecule has 0 aromatic heterocycles. The number of rotatable bonds is 7. The summed E-state index contributed by atoms with van der Waals surface area (Å²) in [6.07, 6.45) is 1.90. The van der Waals surface area contributed by atoms with Crippen molar-refractivity contribution in [2.45, 2.75) is 25.8 Å². The summed E-state index contributed by atoms with van der Waals surface area (Å²) in [5.74, 6) is -0.606. The van der Waals surface area contributed by atoms with E-state index in [0.717, 1.165) is 12.8 Å². The second kappa shape index (κ2) is 7.61. The summed E-state index contributed by atoms with van der Waals surface area (Å²) >= 11 is 0. The number of Topliss-reactive ketones (excluding diaryl/α,β-unsaturated/α-hetero) is 1. The first-order valence-corrected chi connectivity index (χ1v) is 7.38. The monoisotopic (exact) mass is 299 g/mol. The number of aryl methyl sites for hydroxylation is 1. The van der Waals surface area contributed by atoms with Gasteiger partial charge in [0, 0.05) is 11.6 Å². The van der Waals surface area contributed by atoms with Gasteiger partial charge in [0.15, 0.2) is 17.3 Å². The second-order valence-electron chi connectivity index (χ2n) is 5.43. The highest BCUT2D eigenvalue weighted by Gasteiger charge is 2.10. The minimum Gasteiger partial charge on any atom is -0.504 e. The van der Waals surface area contributed by atoms with E-state index in [2.05, 4.69) is 17.4 Å². The van der Waals surface area contributed by atoms with Crippen LogP contribution >= 0.6 is 0 Å². The first-order chi connectivity index (χ1) is 10.6. The minimum atomic E-state index is -0.275. The van der Waals surface area contributed by atoms with E-state index in [0.29, 0.717) is 5.56 Å². The van der Waals surface area contributed by atoms with Crippen LogP contribution in [0, 0.1) is 0 Å². The lowest BCUT2D eigenvalue weighted by Crippen LogP contribution is -2.31. The number of hydrogen-bond acceptors (Lipinski definition) is 4. The first-order valence-electron chi connectivity index (χ1n) is 7.38. The maximum atomic E-state index is 12.0. The number of phenolic OH excluding ortho intramolecular Hbond substituents is 2. The number of phenols is 2. The summed E-state index contributed by atoms with van der Waals surface area (Å²) < 4.78 is 0. The number of benzene rings is 2. The van der Waals surface area contributed by atoms with Crippen LogP contribution in [0.4, 0.5) is 0 Å². The van der Waals surface area contributed by atoms with Gasteiger partial charge in [-0.3, -0.25) is 4.79 Å². The molecule has 0 aliphatic rings. The summed E-state index contributed by atoms with van der Waals surface area (Å²) in [5, 5.41) is 21.9. The van der Waals surface area contributed by atoms with E-state index in [1.54, 1.807) is 0 Å². The maximum Gasteiger partial charge on any atom is 0.176 e. The van der Waals surface area contributed by atoms with Crippen LogP contribution in [0.15, 0.2) is 48.5 Å². The largest absolute Gasteiger partial charge is 0.504 e. The topological polar surface area (TPSA) is 69.6 Å². The smallest absolute Gasteiger partial charge is 0.176 e. The molecule has 0 unspecified atom stereocenters. The lowest BCUT2D eigenvalue weighted by atomic mass is 10.1. The molecule has 2 aromatic rings. The molecule has 0 bridgehead atoms. The predicted octanol–water partition coefficient (Wildman–Crippen LogP) is 2.89. The van der Waals surface area contributed by atoms with E-state index in [1.165, 1.54) is 23.8 Å². The van der Waals surface area contributed by atoms with Gasteiger partial charge in [-0.05, 0) is 43.5 Å². The Bertz CT molecular complexity index is 625. The SMILES string of the molecule is C[C@@H](CCc1ccccc1)NCC(=O)c1ccc(O)c(O)c1. The highest BCUT2D eigenvalue weighted by atomic mass is 16.3. The van der Waals surface area contributed by atoms with Crippen LogP contribution in [-0.4, -0.2) is 28.6 Å². The molecule has 4 nitrogen and oxygen atoms in total. The third-order valence-electron chi connectivity index (χ3n) is 3.62. The minimum absolute atomic E-state index is 0.109. The van der Waals surface area contributed by atoms with Gasteiger partial charge in [0.05, 0.1) is 6.54 Å². The van der Waals surface area contributed by atoms with Gasteiger partial charge in [-0.25, -0.2) is 0 Å². The van der Waals surface area contributed by atoms with Crippen molar-refractivity contribution in [3.63, 3.8) is 0 Å². The van der Waals surface area contributed by atoms with Gasteiger partial charge in [-0.2, -0.15) is 0 Å². The average molecular weight is 299 g/mol. The average Bonchev–Trinajstić information content (AvgIpc) is 2.54. The molecule has 0 spiro atoms. The van der Waals surface area contributed by atoms with Crippen molar-refractivity contribution < 1.29 is 15.0 Å². The molecule has 0 heterocycles. The molecule has 3 N–H and O–H groups in total. The Morgan fingerprint density at radius 2 is 1.82 bits per heavy atom. The molecule has 4 heteroatoms. The Morgan fingerprint density at radius 1 is 1.09 bits per heavy atom. The third-order valence-corrected chi connectivity index (χ3v) is 3.62. The van der Waals surface area contributed by atoms with Gasteiger partial charge in [-0.1, -0.05) is 30.3 Å². The van der Waals surface area contributed by atoms with Crippen LogP contribution in [-0.2, 0) is 6.42 Å². The molecule has 0 radical (unpaired) electrons. The van der Waals surface area contributed by atoms with E-state index in [1.807, 2.05) is 25.1 Å². The van der Waals surface area contributed by atoms with Crippen molar-refractivity contribution in [3.8, 4) is 11.5 Å². The first kappa shape index (κ1) is 16.0. The van der Waals surface area contributed by atoms with Crippen LogP contribution in [0.5, 0.6) is 11.5 Å². The van der Waals surface area contributed by atoms with Crippen molar-refractivity contribution in [1.82, 2.24) is 5.32 Å². The number of ketones is 1. The number of carbonyl (C=O) groups excluding carboxylic acids is 1. The van der Waals surface area contributed by atoms with Crippen molar-refractivity contribution in [2.75, 3.05) is 6.54 Å². The molecule has 1 atom stereocenters. The fraction of sp³-hybridized carbons (Fsp3) is 0.278. The van der Waals surface area contributed by atoms with Gasteiger partial charge in [-0.15, -0.1) is 0 Å². The van der Waals surface area contributed by atoms with Gasteiger partial charge in [0.25, 0.3) is 0 Å². The molecular formula is C18H21NO3. The molecule has 22 heavy (non-hydrogen) atoms. The Labute approximate surface area is 130 Å². The van der Waals surface area contributed by atoms with Crippen LogP contribution in [0.2, 0.25) is 0 Å². The predicted molar refractivity (Wildman–Crippen MR) is 86.3 cm³/mol. The summed E-state index contributed by atoms with van der Waals surface area (Å²) in [4.78, 5) is 12.0. The number of hydrogen-bond donors (Lipinski definition) is 3. The quantitative estimate of drug-likeness (QED) is 0.543. The Balaban J connectivity index is 1.79. The van der Waals surface area contributed by atoms with Gasteiger partial charge in [0.1, 0.15) is 0 Å². The second-order valence-corrected chi connectivity index (χ2v) is 5.43. The lowest BCUT2D eigenvalue weighted by molar-refractivity contribution is 0.0987. The van der Waals surface area contributed by atoms with Crippen LogP contribution in [0.3, 0.4) is 0 Å². The normalized spacial score (nSPS) is 12.0. The Morgan fingerprint density at radius 3 is 2.50 bits per heavy atom. The molecule has 0 aliphatic heterocycles. The van der Waals surface area contributed by atoms with Crippen molar-refractivity contribution in [3.05, 3.63) is 59.7 Å². The zero-order chi connectivity index (χ0) is 15.9. The van der Waals surface area contributed by atoms with E-state index in [-0.39, 0.29) is 29.9 Å². The standard InChI is InChI=1S/C18H21NO3/c1-13(7-8-14-5-3-2-4-6-14)19-12-18(22)15-9-10-16(20)17(21)11-15/h2-6,9-11,13,19-21H,7-8,12H2,1H3/t13-/m0/s1. The molecule has 0 saturated heterocycles. The molecule has 2 rings (SSSR count). The zero-order valence-corrected chi connectivity index (χ0v) is 12.6. The fourth-order valence-corrected chi connectivity index (χ4v) is 2.20. The number of aromatic hydroxyl groups is 2. The molecule has 116 valence electrons. The molecule has 0 fully saturated rings. The van der Waals surface area contributed by atoms with E-state index in [4.69, 9.17) is 0 Å². The molecule has 0 aliphatic carbocycles. The van der Waals surface area contributed by atoms with E-state index >= 15 is 0 Å². The van der Waals surface area contributed by atoms with Gasteiger partial charge < -0.3 is 15.5 Å². The third kappa shape index (κ3) is 4.60. The lowest BCUT2D eigenvalue weighted by Gasteiger charge is -2.13. The maximum absolute atomic E-state index is 12.0. The van der Waals surface area contributed by atoms with E-state index < -0.39 is 0 Å². The molecule has 0 amide bonds. The highest BCUT2D eigenvalue weighted by Crippen LogP contribution is 2.24. The summed E-state index contributed by atoms with van der Waals surface area (Å²) in [6, 6.07) is 14.6. The van der Waals surface area contributed by atoms with E-state index in [9.17, 15) is 15.0 Å². The Hall–Kier alpha value is -2.33. The van der Waals surface area contributed by atoms with Crippen molar-refractivity contribution in [1.29, 1.82) is 0 Å². The van der Waals surface area contributed by atoms with Crippen molar-refractivity contribution in [2.24, 2.45) is 0 Å². The molecule has 0 saturated carbocycles. The van der Waals surface area contributed by atoms with Gasteiger partial charge >= 0.3 is 0 Å². The molecule has 2 aromatic carbocycles. The summed E-state index contributed by atoms with van der Waals surface area (Å²) in [7, 11) is 0. The van der Waals surface area contributed by atoms with Crippen LogP contribution < -0.4 is 5.32 Å². The number of nitrogens with one attached hydrogen (secondary N) is 1. The van der Waals surface area contributed by atoms with Crippen molar-refractivity contribution >= 4 is 5.78 Å². The highest BCUT2D eigenvalue weighted by molar-refractivity contribution is 5.98. The van der Waals surface area contributed by atoms with Gasteiger partial charge in [0.2, 0.25) is 0 Å². The Kier molecular flexibility index (Phi) is 5.55. The van der Waals surface area contributed by atoms with Crippen LogP contribution in [0.25, 0.3) is 0 Å². The summed E-state index contributed by atoms with van der Waals surface area (Å²) in [5.41, 5.74) is 1.67. The van der Waals surface area contributed by atoms with Crippen LogP contribution in [0.1, 0.15) is 29.3 Å². The number of carbonyl (C=O) groups is 1. The summed E-state index contributed by atoms with van der Waals surface area (Å²) in [6.45, 7) is 2.25. The molecular weight excluding hydrogens is 278 g/mol. The zero-order valence-electron chi connectivity index (χ0n) is 12.6.